The van der Waals surface area contributed by atoms with E-state index in [0.717, 1.165) is 0 Å². The average Bonchev–Trinajstić information content (AvgIpc) is 2.40. The van der Waals surface area contributed by atoms with E-state index in [0.29, 0.717) is 16.5 Å². The van der Waals surface area contributed by atoms with Crippen molar-refractivity contribution in [3.8, 4) is 5.75 Å². The van der Waals surface area contributed by atoms with E-state index in [9.17, 15) is 10.1 Å². The largest absolute Gasteiger partial charge is 0.497 e. The maximum Gasteiger partial charge on any atom is 0.332 e. The number of rotatable bonds is 4. The molecule has 0 unspecified atom stereocenters. The van der Waals surface area contributed by atoms with Crippen LogP contribution >= 0.6 is 11.6 Å². The summed E-state index contributed by atoms with van der Waals surface area (Å²) in [6, 6.07) is 4.87. The number of nitrogens with two attached hydrogens (primary N) is 1. The lowest BCUT2D eigenvalue weighted by Crippen LogP contribution is -2.07. The van der Waals surface area contributed by atoms with Crippen molar-refractivity contribution >= 4 is 34.7 Å². The highest BCUT2D eigenvalue weighted by atomic mass is 35.5. The molecule has 0 aliphatic carbocycles. The van der Waals surface area contributed by atoms with Crippen LogP contribution in [0.3, 0.4) is 0 Å². The van der Waals surface area contributed by atoms with Crippen LogP contribution in [-0.4, -0.2) is 22.0 Å². The minimum Gasteiger partial charge on any atom is -0.497 e. The van der Waals surface area contributed by atoms with Gasteiger partial charge in [-0.1, -0.05) is 11.6 Å². The van der Waals surface area contributed by atoms with E-state index in [1.54, 1.807) is 18.2 Å². The van der Waals surface area contributed by atoms with Gasteiger partial charge in [-0.2, -0.15) is 4.98 Å². The number of nitrogen functional groups attached to an aromatic ring is 1. The average molecular weight is 310 g/mol. The fourth-order valence-corrected chi connectivity index (χ4v) is 1.91. The number of halogens is 1. The number of benzene rings is 1. The van der Waals surface area contributed by atoms with Gasteiger partial charge in [-0.3, -0.25) is 10.1 Å². The summed E-state index contributed by atoms with van der Waals surface area (Å²) in [5.74, 6) is 0.447. The predicted molar refractivity (Wildman–Crippen MR) is 79.1 cm³/mol. The van der Waals surface area contributed by atoms with E-state index in [-0.39, 0.29) is 23.1 Å². The van der Waals surface area contributed by atoms with Crippen molar-refractivity contribution in [2.75, 3.05) is 18.2 Å². The van der Waals surface area contributed by atoms with Crippen LogP contribution in [0.25, 0.3) is 0 Å². The van der Waals surface area contributed by atoms with Crippen molar-refractivity contribution in [3.63, 3.8) is 0 Å². The third kappa shape index (κ3) is 3.11. The monoisotopic (exact) mass is 309 g/mol. The Morgan fingerprint density at radius 3 is 2.76 bits per heavy atom. The Bertz CT molecular complexity index is 708. The van der Waals surface area contributed by atoms with Gasteiger partial charge in [-0.05, 0) is 19.1 Å². The topological polar surface area (TPSA) is 116 Å². The van der Waals surface area contributed by atoms with Crippen molar-refractivity contribution in [2.45, 2.75) is 6.92 Å². The number of ether oxygens (including phenoxy) is 1. The number of hydrogen-bond donors (Lipinski definition) is 2. The Morgan fingerprint density at radius 1 is 1.43 bits per heavy atom. The zero-order valence-corrected chi connectivity index (χ0v) is 12.0. The molecule has 1 aromatic heterocycles. The lowest BCUT2D eigenvalue weighted by Gasteiger charge is -2.11. The van der Waals surface area contributed by atoms with Crippen LogP contribution in [0.4, 0.5) is 23.1 Å². The van der Waals surface area contributed by atoms with Crippen LogP contribution < -0.4 is 15.8 Å². The van der Waals surface area contributed by atoms with E-state index in [4.69, 9.17) is 22.1 Å². The molecule has 3 N–H and O–H groups in total. The first kappa shape index (κ1) is 14.8. The minimum absolute atomic E-state index is 0.0276. The molecule has 2 aromatic rings. The highest BCUT2D eigenvalue weighted by molar-refractivity contribution is 6.33. The summed E-state index contributed by atoms with van der Waals surface area (Å²) in [4.78, 5) is 18.2. The molecule has 1 heterocycles. The highest BCUT2D eigenvalue weighted by Gasteiger charge is 2.22. The molecule has 0 saturated carbocycles. The lowest BCUT2D eigenvalue weighted by molar-refractivity contribution is -0.385. The molecule has 0 bridgehead atoms. The second-order valence-corrected chi connectivity index (χ2v) is 4.50. The fourth-order valence-electron chi connectivity index (χ4n) is 1.75. The number of nitrogens with zero attached hydrogens (tertiary/aromatic N) is 3. The summed E-state index contributed by atoms with van der Waals surface area (Å²) in [6.45, 7) is 1.48. The van der Waals surface area contributed by atoms with Crippen LogP contribution in [-0.2, 0) is 0 Å². The Hall–Kier alpha value is -2.61. The van der Waals surface area contributed by atoms with E-state index in [1.807, 2.05) is 0 Å². The molecule has 0 aliphatic heterocycles. The summed E-state index contributed by atoms with van der Waals surface area (Å²) >= 11 is 6.05. The summed E-state index contributed by atoms with van der Waals surface area (Å²) in [5.41, 5.74) is 5.85. The first-order valence-electron chi connectivity index (χ1n) is 5.81. The molecule has 0 saturated heterocycles. The molecule has 0 atom stereocenters. The Kier molecular flexibility index (Phi) is 4.08. The molecule has 21 heavy (non-hydrogen) atoms. The third-order valence-corrected chi connectivity index (χ3v) is 3.01. The lowest BCUT2D eigenvalue weighted by atomic mass is 10.2. The van der Waals surface area contributed by atoms with Crippen molar-refractivity contribution in [1.82, 2.24) is 9.97 Å². The van der Waals surface area contributed by atoms with Gasteiger partial charge in [0.25, 0.3) is 0 Å². The van der Waals surface area contributed by atoms with E-state index < -0.39 is 4.92 Å². The van der Waals surface area contributed by atoms with Gasteiger partial charge in [-0.15, -0.1) is 0 Å². The van der Waals surface area contributed by atoms with E-state index >= 15 is 0 Å². The molecule has 0 aliphatic rings. The van der Waals surface area contributed by atoms with Crippen LogP contribution in [0.5, 0.6) is 5.75 Å². The molecule has 1 aromatic carbocycles. The maximum atomic E-state index is 11.1. The standard InChI is InChI=1S/C12H12ClN5O3/c1-6-10(18(19)20)11(17-12(14)15-6)16-9-5-7(21-2)3-4-8(9)13/h3-5H,1-2H3,(H3,14,15,16,17). The van der Waals surface area contributed by atoms with Gasteiger partial charge in [-0.25, -0.2) is 4.98 Å². The minimum atomic E-state index is -0.578. The normalized spacial score (nSPS) is 10.2. The SMILES string of the molecule is COc1ccc(Cl)c(Nc2nc(N)nc(C)c2[N+](=O)[O-])c1. The van der Waals surface area contributed by atoms with Crippen molar-refractivity contribution in [2.24, 2.45) is 0 Å². The number of anilines is 3. The zero-order valence-electron chi connectivity index (χ0n) is 11.3. The van der Waals surface area contributed by atoms with E-state index in [1.165, 1.54) is 14.0 Å². The van der Waals surface area contributed by atoms with Gasteiger partial charge in [0.2, 0.25) is 11.8 Å². The van der Waals surface area contributed by atoms with Crippen molar-refractivity contribution in [1.29, 1.82) is 0 Å². The molecule has 0 radical (unpaired) electrons. The second kappa shape index (κ2) is 5.80. The molecular formula is C12H12ClN5O3. The van der Waals surface area contributed by atoms with Gasteiger partial charge in [0.15, 0.2) is 0 Å². The molecule has 0 fully saturated rings. The molecule has 0 amide bonds. The van der Waals surface area contributed by atoms with Gasteiger partial charge in [0.05, 0.1) is 22.7 Å². The molecular weight excluding hydrogens is 298 g/mol. The number of aromatic nitrogens is 2. The third-order valence-electron chi connectivity index (χ3n) is 2.68. The molecule has 2 rings (SSSR count). The number of nitro groups is 1. The number of methoxy groups -OCH3 is 1. The molecule has 110 valence electrons. The van der Waals surface area contributed by atoms with Crippen LogP contribution in [0.15, 0.2) is 18.2 Å². The fraction of sp³-hybridized carbons (Fsp3) is 0.167. The first-order chi connectivity index (χ1) is 9.92. The summed E-state index contributed by atoms with van der Waals surface area (Å²) in [7, 11) is 1.50. The Morgan fingerprint density at radius 2 is 2.14 bits per heavy atom. The quantitative estimate of drug-likeness (QED) is 0.658. The predicted octanol–water partition coefficient (Wildman–Crippen LogP) is 2.68. The van der Waals surface area contributed by atoms with E-state index in [2.05, 4.69) is 15.3 Å². The van der Waals surface area contributed by atoms with Crippen LogP contribution in [0, 0.1) is 17.0 Å². The summed E-state index contributed by atoms with van der Waals surface area (Å²) in [5, 5.41) is 14.3. The van der Waals surface area contributed by atoms with Crippen molar-refractivity contribution in [3.05, 3.63) is 39.0 Å². The molecule has 8 nitrogen and oxygen atoms in total. The van der Waals surface area contributed by atoms with Gasteiger partial charge >= 0.3 is 5.69 Å². The van der Waals surface area contributed by atoms with Gasteiger partial charge in [0.1, 0.15) is 11.4 Å². The van der Waals surface area contributed by atoms with Crippen molar-refractivity contribution < 1.29 is 9.66 Å². The summed E-state index contributed by atoms with van der Waals surface area (Å²) in [6.07, 6.45) is 0. The summed E-state index contributed by atoms with van der Waals surface area (Å²) < 4.78 is 5.08. The highest BCUT2D eigenvalue weighted by Crippen LogP contribution is 2.33. The molecule has 0 spiro atoms. The van der Waals surface area contributed by atoms with Crippen LogP contribution in [0.1, 0.15) is 5.69 Å². The Labute approximate surface area is 125 Å². The van der Waals surface area contributed by atoms with Gasteiger partial charge < -0.3 is 15.8 Å². The maximum absolute atomic E-state index is 11.1. The number of hydrogen-bond acceptors (Lipinski definition) is 7. The Balaban J connectivity index is 2.51. The second-order valence-electron chi connectivity index (χ2n) is 4.09. The smallest absolute Gasteiger partial charge is 0.332 e. The van der Waals surface area contributed by atoms with Gasteiger partial charge in [0, 0.05) is 6.07 Å². The number of aryl methyl sites for hydroxylation is 1. The zero-order chi connectivity index (χ0) is 15.6. The number of nitrogens with one attached hydrogen (secondary N) is 1. The molecule has 9 heteroatoms. The first-order valence-corrected chi connectivity index (χ1v) is 6.19. The van der Waals surface area contributed by atoms with Crippen LogP contribution in [0.2, 0.25) is 5.02 Å².